The molecule has 0 saturated heterocycles. The summed E-state index contributed by atoms with van der Waals surface area (Å²) < 4.78 is 39.4. The van der Waals surface area contributed by atoms with E-state index >= 15 is 8.78 Å². The highest BCUT2D eigenvalue weighted by Gasteiger charge is 2.45. The summed E-state index contributed by atoms with van der Waals surface area (Å²) in [6, 6.07) is 14.3. The number of halogens is 2. The number of rotatable bonds is 12. The molecule has 0 radical (unpaired) electrons. The highest BCUT2D eigenvalue weighted by atomic mass is 19.3. The Morgan fingerprint density at radius 2 is 1.53 bits per heavy atom. The van der Waals surface area contributed by atoms with Gasteiger partial charge in [-0.3, -0.25) is 0 Å². The van der Waals surface area contributed by atoms with Gasteiger partial charge in [0, 0.05) is 29.7 Å². The molecule has 1 atom stereocenters. The monoisotopic (exact) mass is 734 g/mol. The summed E-state index contributed by atoms with van der Waals surface area (Å²) in [5.41, 5.74) is 5.92. The van der Waals surface area contributed by atoms with Crippen molar-refractivity contribution in [3.8, 4) is 5.75 Å². The lowest BCUT2D eigenvalue weighted by atomic mass is 9.69. The second-order valence-electron chi connectivity index (χ2n) is 16.4. The Balaban J connectivity index is 0.000000416. The maximum atomic E-state index is 15.5. The van der Waals surface area contributed by atoms with Crippen LogP contribution in [0.15, 0.2) is 66.9 Å². The van der Waals surface area contributed by atoms with Crippen molar-refractivity contribution in [2.75, 3.05) is 6.61 Å². The number of fused-ring (bicyclic) bond motifs is 2. The molecule has 53 heavy (non-hydrogen) atoms. The topological polar surface area (TPSA) is 14.2 Å². The molecule has 0 spiro atoms. The Labute approximate surface area is 324 Å². The highest BCUT2D eigenvalue weighted by Crippen LogP contribution is 2.50. The summed E-state index contributed by atoms with van der Waals surface area (Å²) in [5, 5.41) is 1.25. The summed E-state index contributed by atoms with van der Waals surface area (Å²) in [5.74, 6) is -0.944. The predicted octanol–water partition coefficient (Wildman–Crippen LogP) is 15.7. The van der Waals surface area contributed by atoms with E-state index in [-0.39, 0.29) is 5.57 Å². The minimum Gasteiger partial charge on any atom is -0.493 e. The average Bonchev–Trinajstić information content (AvgIpc) is 3.68. The number of hydrogen-bond donors (Lipinski definition) is 0. The Morgan fingerprint density at radius 1 is 0.906 bits per heavy atom. The molecule has 0 bridgehead atoms. The van der Waals surface area contributed by atoms with Crippen LogP contribution in [0, 0.1) is 23.2 Å². The molecule has 3 aliphatic rings. The van der Waals surface area contributed by atoms with Gasteiger partial charge in [0.15, 0.2) is 0 Å². The lowest BCUT2D eigenvalue weighted by Crippen LogP contribution is -2.27. The van der Waals surface area contributed by atoms with Gasteiger partial charge in [-0.25, -0.2) is 8.78 Å². The fourth-order valence-electron chi connectivity index (χ4n) is 6.76. The molecule has 2 aromatic carbocycles. The molecule has 1 unspecified atom stereocenters. The van der Waals surface area contributed by atoms with E-state index < -0.39 is 11.8 Å². The first-order chi connectivity index (χ1) is 25.3. The summed E-state index contributed by atoms with van der Waals surface area (Å²) in [6.07, 6.45) is 18.9. The van der Waals surface area contributed by atoms with Crippen LogP contribution in [0.2, 0.25) is 0 Å². The van der Waals surface area contributed by atoms with Crippen molar-refractivity contribution >= 4 is 16.5 Å². The second kappa shape index (κ2) is 23.1. The van der Waals surface area contributed by atoms with Crippen molar-refractivity contribution in [2.45, 2.75) is 172 Å². The van der Waals surface area contributed by atoms with Crippen LogP contribution in [0.1, 0.15) is 163 Å². The van der Waals surface area contributed by atoms with E-state index in [2.05, 4.69) is 89.2 Å². The Hall–Kier alpha value is -2.88. The van der Waals surface area contributed by atoms with Gasteiger partial charge >= 0.3 is 0 Å². The standard InChI is InChI=1S/C30H37F2NO.C8H16.C5H10.C4H8.C2H6/c1-5-11-24-26-20-22(7-3)29(30(31,32)21(4)6-2)25(26)14-15-28(24)34-19-10-17-33-18-16-23-12-8-9-13-27(23)33;1-8(2,3)7-5-4-6-7;1-4-5(2)3;1-2-4-3-1;1-2/h8-9,12-16,18,21H,5-7,10-11,17,19-20H2,1-4H3;7H,4-6H2,1-3H3;4-5H,1H2,2-3H3;1-4H2;1-2H3. The van der Waals surface area contributed by atoms with E-state index in [0.717, 1.165) is 59.7 Å². The van der Waals surface area contributed by atoms with E-state index in [0.29, 0.717) is 37.2 Å². The Morgan fingerprint density at radius 3 is 2.00 bits per heavy atom. The highest BCUT2D eigenvalue weighted by molar-refractivity contribution is 5.82. The van der Waals surface area contributed by atoms with Crippen molar-refractivity contribution in [2.24, 2.45) is 23.2 Å². The van der Waals surface area contributed by atoms with Crippen LogP contribution < -0.4 is 4.74 Å². The zero-order valence-electron chi connectivity index (χ0n) is 35.9. The summed E-state index contributed by atoms with van der Waals surface area (Å²) in [4.78, 5) is 0. The third kappa shape index (κ3) is 13.4. The van der Waals surface area contributed by atoms with Crippen LogP contribution in [0.3, 0.4) is 0 Å². The molecule has 2 saturated carbocycles. The van der Waals surface area contributed by atoms with Gasteiger partial charge in [0.2, 0.25) is 0 Å². The number of aromatic nitrogens is 1. The van der Waals surface area contributed by atoms with Crippen molar-refractivity contribution in [1.29, 1.82) is 0 Å². The molecule has 4 heteroatoms. The van der Waals surface area contributed by atoms with Crippen LogP contribution in [0.25, 0.3) is 16.5 Å². The van der Waals surface area contributed by atoms with Gasteiger partial charge in [-0.1, -0.05) is 151 Å². The number of para-hydroxylation sites is 1. The smallest absolute Gasteiger partial charge is 0.276 e. The molecule has 2 nitrogen and oxygen atoms in total. The number of nitrogens with zero attached hydrogens (tertiary/aromatic N) is 1. The van der Waals surface area contributed by atoms with Crippen LogP contribution in [-0.4, -0.2) is 17.1 Å². The molecule has 6 rings (SSSR count). The van der Waals surface area contributed by atoms with Gasteiger partial charge in [0.25, 0.3) is 5.92 Å². The molecule has 0 N–H and O–H groups in total. The zero-order valence-corrected chi connectivity index (χ0v) is 35.9. The minimum absolute atomic E-state index is 0.280. The number of ether oxygens (including phenoxy) is 1. The molecule has 0 amide bonds. The number of allylic oxidation sites excluding steroid dienone is 3. The van der Waals surface area contributed by atoms with Crippen molar-refractivity contribution in [1.82, 2.24) is 4.57 Å². The average molecular weight is 734 g/mol. The van der Waals surface area contributed by atoms with E-state index in [9.17, 15) is 0 Å². The molecule has 3 aromatic rings. The van der Waals surface area contributed by atoms with Crippen LogP contribution >= 0.6 is 0 Å². The van der Waals surface area contributed by atoms with E-state index in [1.54, 1.807) is 6.92 Å². The molecule has 1 heterocycles. The van der Waals surface area contributed by atoms with Crippen LogP contribution in [-0.2, 0) is 19.4 Å². The largest absolute Gasteiger partial charge is 0.493 e. The van der Waals surface area contributed by atoms with Gasteiger partial charge in [0.05, 0.1) is 6.61 Å². The third-order valence-electron chi connectivity index (χ3n) is 11.2. The van der Waals surface area contributed by atoms with Gasteiger partial charge in [0.1, 0.15) is 5.75 Å². The fourth-order valence-corrected chi connectivity index (χ4v) is 6.76. The van der Waals surface area contributed by atoms with Gasteiger partial charge in [-0.2, -0.15) is 0 Å². The maximum absolute atomic E-state index is 15.5. The summed E-state index contributed by atoms with van der Waals surface area (Å²) >= 11 is 0. The van der Waals surface area contributed by atoms with E-state index in [1.807, 2.05) is 45.9 Å². The SMILES string of the molecule is C1CCC1.C=CC(C)C.CC.CC(C)(C)C1CCC1.CCCc1c(OCCCn2ccc3ccccc32)ccc2c1CC(CC)=C2C(F)(F)C(C)CC. The quantitative estimate of drug-likeness (QED) is 0.134. The molecular weight excluding hydrogens is 657 g/mol. The van der Waals surface area contributed by atoms with E-state index in [1.165, 1.54) is 55.8 Å². The first kappa shape index (κ1) is 46.3. The lowest BCUT2D eigenvalue weighted by molar-refractivity contribution is 0.00776. The lowest BCUT2D eigenvalue weighted by Gasteiger charge is -2.37. The van der Waals surface area contributed by atoms with Crippen molar-refractivity contribution in [3.05, 3.63) is 83.6 Å². The van der Waals surface area contributed by atoms with Crippen molar-refractivity contribution < 1.29 is 13.5 Å². The molecule has 0 aliphatic heterocycles. The van der Waals surface area contributed by atoms with Crippen molar-refractivity contribution in [3.63, 3.8) is 0 Å². The fraction of sp³-hybridized carbons (Fsp3) is 0.633. The third-order valence-corrected chi connectivity index (χ3v) is 11.2. The van der Waals surface area contributed by atoms with Crippen LogP contribution in [0.4, 0.5) is 8.78 Å². The Bertz CT molecular complexity index is 1510. The molecule has 298 valence electrons. The normalized spacial score (nSPS) is 15.6. The molecule has 3 aliphatic carbocycles. The second-order valence-corrected chi connectivity index (χ2v) is 16.4. The molecule has 1 aromatic heterocycles. The Kier molecular flexibility index (Phi) is 20.2. The molecule has 2 fully saturated rings. The zero-order chi connectivity index (χ0) is 39.6. The first-order valence-corrected chi connectivity index (χ1v) is 21.3. The number of hydrogen-bond acceptors (Lipinski definition) is 1. The number of benzene rings is 2. The number of alkyl halides is 2. The van der Waals surface area contributed by atoms with E-state index in [4.69, 9.17) is 4.74 Å². The minimum atomic E-state index is -2.81. The first-order valence-electron chi connectivity index (χ1n) is 21.3. The molecular formula is C49H77F2NO. The van der Waals surface area contributed by atoms with Gasteiger partial charge in [-0.15, -0.1) is 6.58 Å². The van der Waals surface area contributed by atoms with Gasteiger partial charge in [-0.05, 0) is 102 Å². The summed E-state index contributed by atoms with van der Waals surface area (Å²) in [7, 11) is 0. The predicted molar refractivity (Wildman–Crippen MR) is 229 cm³/mol. The van der Waals surface area contributed by atoms with Gasteiger partial charge < -0.3 is 9.30 Å². The number of aryl methyl sites for hydroxylation is 1. The summed E-state index contributed by atoms with van der Waals surface area (Å²) in [6.45, 7) is 27.9. The van der Waals surface area contributed by atoms with Crippen LogP contribution in [0.5, 0.6) is 5.75 Å². The maximum Gasteiger partial charge on any atom is 0.276 e.